The summed E-state index contributed by atoms with van der Waals surface area (Å²) in [5, 5.41) is 0.140. The van der Waals surface area contributed by atoms with Gasteiger partial charge < -0.3 is 5.73 Å². The maximum Gasteiger partial charge on any atom is 0.142 e. The summed E-state index contributed by atoms with van der Waals surface area (Å²) in [6, 6.07) is 4.79. The van der Waals surface area contributed by atoms with Crippen LogP contribution in [0.1, 0.15) is 12.5 Å². The molecule has 1 rings (SSSR count). The molecule has 0 aromatic heterocycles. The van der Waals surface area contributed by atoms with Crippen LogP contribution in [-0.4, -0.2) is 23.0 Å². The molecule has 0 unspecified atom stereocenters. The molecule has 2 N–H and O–H groups in total. The lowest BCUT2D eigenvalue weighted by molar-refractivity contribution is 0.320. The summed E-state index contributed by atoms with van der Waals surface area (Å²) in [4.78, 5) is 2.47. The summed E-state index contributed by atoms with van der Waals surface area (Å²) in [5.74, 6) is -0.398. The van der Waals surface area contributed by atoms with Gasteiger partial charge in [0.25, 0.3) is 0 Å². The zero-order valence-corrected chi connectivity index (χ0v) is 10.6. The molecule has 1 aromatic carbocycles. The molecule has 1 aromatic rings. The number of hydrogen-bond donors (Lipinski definition) is 1. The fraction of sp³-hybridized carbons (Fsp3) is 0.364. The van der Waals surface area contributed by atoms with Gasteiger partial charge in [-0.1, -0.05) is 36.8 Å². The number of rotatable bonds is 5. The average molecular weight is 261 g/mol. The maximum absolute atomic E-state index is 13.2. The highest BCUT2D eigenvalue weighted by Crippen LogP contribution is 2.16. The molecule has 0 heterocycles. The van der Waals surface area contributed by atoms with Crippen molar-refractivity contribution in [1.82, 2.24) is 4.90 Å². The second-order valence-corrected chi connectivity index (χ2v) is 4.45. The third-order valence-electron chi connectivity index (χ3n) is 2.22. The summed E-state index contributed by atoms with van der Waals surface area (Å²) < 4.78 is 13.2. The van der Waals surface area contributed by atoms with Gasteiger partial charge in [0.15, 0.2) is 0 Å². The van der Waals surface area contributed by atoms with E-state index in [9.17, 15) is 4.39 Å². The van der Waals surface area contributed by atoms with Gasteiger partial charge in [-0.25, -0.2) is 4.39 Å². The van der Waals surface area contributed by atoms with Crippen molar-refractivity contribution in [2.75, 3.05) is 13.1 Å². The van der Waals surface area contributed by atoms with Gasteiger partial charge in [0.05, 0.1) is 10.0 Å². The van der Waals surface area contributed by atoms with Crippen molar-refractivity contribution < 1.29 is 4.39 Å². The van der Waals surface area contributed by atoms with Crippen LogP contribution < -0.4 is 5.73 Å². The Morgan fingerprint density at radius 3 is 2.75 bits per heavy atom. The number of nitrogens with zero attached hydrogens (tertiary/aromatic N) is 1. The molecule has 5 heteroatoms. The van der Waals surface area contributed by atoms with Crippen LogP contribution in [-0.2, 0) is 6.54 Å². The third-order valence-corrected chi connectivity index (χ3v) is 2.65. The van der Waals surface area contributed by atoms with Gasteiger partial charge in [-0.3, -0.25) is 4.90 Å². The zero-order valence-electron chi connectivity index (χ0n) is 9.04. The minimum absolute atomic E-state index is 0.140. The van der Waals surface area contributed by atoms with Gasteiger partial charge >= 0.3 is 0 Å². The van der Waals surface area contributed by atoms with Gasteiger partial charge in [0.1, 0.15) is 5.82 Å². The molecule has 0 bridgehead atoms. The first-order chi connectivity index (χ1) is 7.52. The quantitative estimate of drug-likeness (QED) is 0.826. The first-order valence-electron chi connectivity index (χ1n) is 4.97. The number of likely N-dealkylation sites (N-methyl/N-ethyl adjacent to an activating group) is 1. The first-order valence-corrected chi connectivity index (χ1v) is 5.76. The van der Waals surface area contributed by atoms with Gasteiger partial charge in [0.2, 0.25) is 0 Å². The predicted octanol–water partition coefficient (Wildman–Crippen LogP) is 2.59. The largest absolute Gasteiger partial charge is 0.392 e. The molecule has 0 aliphatic carbocycles. The third kappa shape index (κ3) is 4.04. The van der Waals surface area contributed by atoms with Crippen molar-refractivity contribution in [1.29, 1.82) is 0 Å². The SMILES string of the molecule is CCN(CC(N)=S)Cc1ccc(Cl)c(F)c1. The van der Waals surface area contributed by atoms with Crippen molar-refractivity contribution in [2.45, 2.75) is 13.5 Å². The molecule has 2 nitrogen and oxygen atoms in total. The smallest absolute Gasteiger partial charge is 0.142 e. The molecule has 0 atom stereocenters. The summed E-state index contributed by atoms with van der Waals surface area (Å²) >= 11 is 10.4. The van der Waals surface area contributed by atoms with Gasteiger partial charge in [-0.2, -0.15) is 0 Å². The molecular formula is C11H14ClFN2S. The highest BCUT2D eigenvalue weighted by molar-refractivity contribution is 7.80. The summed E-state index contributed by atoms with van der Waals surface area (Å²) in [6.07, 6.45) is 0. The van der Waals surface area contributed by atoms with Crippen LogP contribution in [0.4, 0.5) is 4.39 Å². The molecular weight excluding hydrogens is 247 g/mol. The number of halogens is 2. The van der Waals surface area contributed by atoms with Crippen LogP contribution in [0.5, 0.6) is 0 Å². The van der Waals surface area contributed by atoms with Crippen molar-refractivity contribution in [3.05, 3.63) is 34.6 Å². The van der Waals surface area contributed by atoms with E-state index in [2.05, 4.69) is 0 Å². The van der Waals surface area contributed by atoms with Crippen molar-refractivity contribution in [3.8, 4) is 0 Å². The van der Waals surface area contributed by atoms with E-state index in [4.69, 9.17) is 29.6 Å². The van der Waals surface area contributed by atoms with Crippen LogP contribution >= 0.6 is 23.8 Å². The molecule has 0 saturated carbocycles. The number of hydrogen-bond acceptors (Lipinski definition) is 2. The topological polar surface area (TPSA) is 29.3 Å². The molecule has 0 spiro atoms. The van der Waals surface area contributed by atoms with Gasteiger partial charge in [-0.05, 0) is 24.2 Å². The van der Waals surface area contributed by atoms with E-state index in [0.717, 1.165) is 12.1 Å². The molecule has 0 aliphatic heterocycles. The Hall–Kier alpha value is -0.710. The van der Waals surface area contributed by atoms with Crippen LogP contribution in [0.3, 0.4) is 0 Å². The minimum atomic E-state index is -0.398. The maximum atomic E-state index is 13.2. The Kier molecular flexibility index (Phi) is 5.12. The number of thiocarbonyl (C=S) groups is 1. The van der Waals surface area contributed by atoms with E-state index in [-0.39, 0.29) is 5.02 Å². The Morgan fingerprint density at radius 2 is 2.25 bits per heavy atom. The highest BCUT2D eigenvalue weighted by Gasteiger charge is 2.07. The van der Waals surface area contributed by atoms with Crippen molar-refractivity contribution in [2.24, 2.45) is 5.73 Å². The fourth-order valence-electron chi connectivity index (χ4n) is 1.40. The Morgan fingerprint density at radius 1 is 1.56 bits per heavy atom. The van der Waals surface area contributed by atoms with E-state index in [1.165, 1.54) is 6.07 Å². The first kappa shape index (κ1) is 13.4. The second-order valence-electron chi connectivity index (χ2n) is 3.52. The molecule has 16 heavy (non-hydrogen) atoms. The lowest BCUT2D eigenvalue weighted by Gasteiger charge is -2.19. The van der Waals surface area contributed by atoms with E-state index in [1.807, 2.05) is 11.8 Å². The van der Waals surface area contributed by atoms with E-state index in [1.54, 1.807) is 12.1 Å². The molecule has 0 aliphatic rings. The summed E-state index contributed by atoms with van der Waals surface area (Å²) in [6.45, 7) is 3.96. The zero-order chi connectivity index (χ0) is 12.1. The van der Waals surface area contributed by atoms with Crippen molar-refractivity contribution >= 4 is 28.8 Å². The summed E-state index contributed by atoms with van der Waals surface area (Å²) in [5.41, 5.74) is 6.33. The van der Waals surface area contributed by atoms with Crippen molar-refractivity contribution in [3.63, 3.8) is 0 Å². The average Bonchev–Trinajstić information content (AvgIpc) is 2.22. The molecule has 0 fully saturated rings. The Labute approximate surface area is 105 Å². The minimum Gasteiger partial charge on any atom is -0.392 e. The van der Waals surface area contributed by atoms with E-state index in [0.29, 0.717) is 18.1 Å². The second kappa shape index (κ2) is 6.13. The molecule has 0 radical (unpaired) electrons. The standard InChI is InChI=1S/C11H14ClFN2S/c1-2-15(7-11(14)16)6-8-3-4-9(12)10(13)5-8/h3-5H,2,6-7H2,1H3,(H2,14,16). The van der Waals surface area contributed by atoms with E-state index < -0.39 is 5.82 Å². The fourth-order valence-corrected chi connectivity index (χ4v) is 1.70. The van der Waals surface area contributed by atoms with E-state index >= 15 is 0 Å². The molecule has 0 amide bonds. The van der Waals surface area contributed by atoms with Crippen LogP contribution in [0.2, 0.25) is 5.02 Å². The molecule has 0 saturated heterocycles. The highest BCUT2D eigenvalue weighted by atomic mass is 35.5. The normalized spacial score (nSPS) is 10.8. The number of nitrogens with two attached hydrogens (primary N) is 1. The lowest BCUT2D eigenvalue weighted by Crippen LogP contribution is -2.32. The van der Waals surface area contributed by atoms with Gasteiger partial charge in [-0.15, -0.1) is 0 Å². The molecule has 88 valence electrons. The predicted molar refractivity (Wildman–Crippen MR) is 69.1 cm³/mol. The van der Waals surface area contributed by atoms with Gasteiger partial charge in [0, 0.05) is 13.1 Å². The lowest BCUT2D eigenvalue weighted by atomic mass is 10.2. The summed E-state index contributed by atoms with van der Waals surface area (Å²) in [7, 11) is 0. The van der Waals surface area contributed by atoms with Crippen LogP contribution in [0.15, 0.2) is 18.2 Å². The Balaban J connectivity index is 2.70. The van der Waals surface area contributed by atoms with Crippen LogP contribution in [0, 0.1) is 5.82 Å². The monoisotopic (exact) mass is 260 g/mol. The number of benzene rings is 1. The Bertz CT molecular complexity index is 384. The van der Waals surface area contributed by atoms with Crippen LogP contribution in [0.25, 0.3) is 0 Å².